The predicted octanol–water partition coefficient (Wildman–Crippen LogP) is 10.5. The van der Waals surface area contributed by atoms with Gasteiger partial charge in [0, 0.05) is 122 Å². The van der Waals surface area contributed by atoms with E-state index in [0.29, 0.717) is 64.2 Å². The molecule has 33 heteroatoms. The Bertz CT molecular complexity index is 4710. The van der Waals surface area contributed by atoms with E-state index < -0.39 is 28.8 Å². The number of benzene rings is 6. The third-order valence-corrected chi connectivity index (χ3v) is 20.0. The molecule has 0 spiro atoms. The van der Waals surface area contributed by atoms with E-state index in [-0.39, 0.29) is 55.0 Å². The van der Waals surface area contributed by atoms with Crippen molar-refractivity contribution in [1.82, 2.24) is 73.1 Å². The number of amides is 1. The van der Waals surface area contributed by atoms with Crippen LogP contribution < -0.4 is 29.9 Å². The first-order valence-electron chi connectivity index (χ1n) is 34.7. The zero-order chi connectivity index (χ0) is 74.7. The Morgan fingerprint density at radius 1 is 0.589 bits per heavy atom. The Labute approximate surface area is 634 Å². The van der Waals surface area contributed by atoms with Gasteiger partial charge in [-0.1, -0.05) is 71.5 Å². The molecule has 9 heterocycles. The summed E-state index contributed by atoms with van der Waals surface area (Å²) in [6, 6.07) is 37.9. The van der Waals surface area contributed by atoms with Gasteiger partial charge in [0.05, 0.1) is 60.9 Å². The fourth-order valence-corrected chi connectivity index (χ4v) is 14.2. The standard InChI is InChI=1S/C35H38Cl2N8O4.C26H28Cl2N4O4.C13H12F2N6O/c1-3-25(2)45-34(46)44(24-40-45)29-7-5-27(6-8-29)41-14-16-42(17-15-41)28-9-11-30(12-10-28)47-19-31-20-48-35(49-31,21-43-23-38-22-39-43)32-13-4-26(36)18-33(32)37;1-19(33)31-10-12-32(13-11-31)21-3-5-22(6-4-21)34-15-23-16-35-26(36-23,17-30-9-8-29-18-30)24-7-2-20(27)14-25(24)28;14-10-1-2-11(12(15)3-10)13(22,4-20-8-16-6-18-20)5-21-9-17-7-19-21/h4-13,18,22-25,31H,3,14-17,19-21H2,1-2H3;2-9,14,18,23H,10-13,15-17H2,1H3;1-3,6-9,22H,4-5H2/t25?,31-,35-;23-,26-;/m00./s1. The van der Waals surface area contributed by atoms with Crippen LogP contribution in [0.4, 0.5) is 25.8 Å². The second kappa shape index (κ2) is 34.0. The molecule has 4 aliphatic heterocycles. The van der Waals surface area contributed by atoms with Gasteiger partial charge >= 0.3 is 5.69 Å². The van der Waals surface area contributed by atoms with Gasteiger partial charge in [0.15, 0.2) is 0 Å². The van der Waals surface area contributed by atoms with E-state index in [1.165, 1.54) is 51.7 Å². The van der Waals surface area contributed by atoms with Crippen molar-refractivity contribution in [3.63, 3.8) is 0 Å². The smallest absolute Gasteiger partial charge is 0.350 e. The number of carbonyl (C=O) groups excluding carboxylic acids is 1. The lowest BCUT2D eigenvalue weighted by atomic mass is 9.93. The molecule has 107 heavy (non-hydrogen) atoms. The normalized spacial score (nSPS) is 19.1. The summed E-state index contributed by atoms with van der Waals surface area (Å²) in [6.45, 7) is 14.1. The highest BCUT2D eigenvalue weighted by atomic mass is 35.5. The molecule has 4 fully saturated rings. The summed E-state index contributed by atoms with van der Waals surface area (Å²) in [7, 11) is 0. The van der Waals surface area contributed by atoms with Crippen LogP contribution in [0.3, 0.4) is 0 Å². The van der Waals surface area contributed by atoms with E-state index >= 15 is 0 Å². The highest BCUT2D eigenvalue weighted by molar-refractivity contribution is 6.35. The summed E-state index contributed by atoms with van der Waals surface area (Å²) >= 11 is 25.4. The first-order chi connectivity index (χ1) is 51.8. The summed E-state index contributed by atoms with van der Waals surface area (Å²) in [6.07, 6.45) is 15.6. The van der Waals surface area contributed by atoms with Crippen molar-refractivity contribution in [1.29, 1.82) is 0 Å². The Hall–Kier alpha value is -9.82. The lowest BCUT2D eigenvalue weighted by molar-refractivity contribution is -0.190. The molecule has 0 aliphatic carbocycles. The van der Waals surface area contributed by atoms with Crippen molar-refractivity contribution in [2.24, 2.45) is 0 Å². The second-order valence-corrected chi connectivity index (χ2v) is 27.8. The molecule has 27 nitrogen and oxygen atoms in total. The number of anilines is 3. The quantitative estimate of drug-likeness (QED) is 0.0624. The first kappa shape index (κ1) is 75.4. The third-order valence-electron chi connectivity index (χ3n) is 18.9. The largest absolute Gasteiger partial charge is 0.491 e. The van der Waals surface area contributed by atoms with Crippen LogP contribution in [0.25, 0.3) is 5.69 Å². The molecule has 0 saturated carbocycles. The van der Waals surface area contributed by atoms with E-state index in [4.69, 9.17) is 74.8 Å². The van der Waals surface area contributed by atoms with Crippen molar-refractivity contribution in [2.75, 3.05) is 93.5 Å². The lowest BCUT2D eigenvalue weighted by Crippen LogP contribution is -2.48. The van der Waals surface area contributed by atoms with E-state index in [2.05, 4.69) is 79.3 Å². The molecule has 1 amide bonds. The van der Waals surface area contributed by atoms with Gasteiger partial charge < -0.3 is 57.7 Å². The average Bonchev–Trinajstić information content (AvgIpc) is 1.72. The van der Waals surface area contributed by atoms with Crippen molar-refractivity contribution < 1.29 is 47.1 Å². The number of piperazine rings is 2. The predicted molar refractivity (Wildman–Crippen MR) is 396 cm³/mol. The number of hydrogen-bond donors (Lipinski definition) is 1. The molecule has 0 radical (unpaired) electrons. The number of aliphatic hydroxyl groups is 1. The average molecular weight is 1540 g/mol. The van der Waals surface area contributed by atoms with Gasteiger partial charge in [-0.3, -0.25) is 4.79 Å². The third kappa shape index (κ3) is 18.3. The lowest BCUT2D eigenvalue weighted by Gasteiger charge is -2.37. The number of halogens is 6. The second-order valence-electron chi connectivity index (χ2n) is 26.1. The molecule has 4 saturated heterocycles. The minimum Gasteiger partial charge on any atom is -0.491 e. The minimum atomic E-state index is -1.70. The van der Waals surface area contributed by atoms with Crippen LogP contribution in [0.1, 0.15) is 49.9 Å². The number of nitrogens with zero attached hydrogens (tertiary/aromatic N) is 18. The Kier molecular flexibility index (Phi) is 23.9. The maximum atomic E-state index is 14.1. The molecule has 5 atom stereocenters. The number of carbonyl (C=O) groups is 1. The van der Waals surface area contributed by atoms with Crippen molar-refractivity contribution >= 4 is 69.4 Å². The summed E-state index contributed by atoms with van der Waals surface area (Å²) in [5, 5.41) is 29.3. The number of ether oxygens (including phenoxy) is 6. The van der Waals surface area contributed by atoms with Gasteiger partial charge in [-0.2, -0.15) is 20.4 Å². The maximum absolute atomic E-state index is 14.1. The Balaban J connectivity index is 0.000000152. The van der Waals surface area contributed by atoms with E-state index in [9.17, 15) is 23.5 Å². The fraction of sp³-hybridized carbons (Fsp3) is 0.351. The molecule has 15 rings (SSSR count). The summed E-state index contributed by atoms with van der Waals surface area (Å²) in [5.74, 6) is -2.17. The van der Waals surface area contributed by atoms with E-state index in [0.717, 1.165) is 105 Å². The monoisotopic (exact) mass is 1540 g/mol. The molecular weight excluding hydrogens is 1460 g/mol. The topological polar surface area (TPSA) is 255 Å². The van der Waals surface area contributed by atoms with Gasteiger partial charge in [-0.15, -0.1) is 0 Å². The molecule has 5 aromatic heterocycles. The van der Waals surface area contributed by atoms with E-state index in [1.54, 1.807) is 65.6 Å². The SMILES string of the molecule is CC(=O)N1CCN(c2ccc(OC[C@H]3CO[C@](Cn4ccnc4)(c4ccc(Cl)cc4Cl)O3)cc2)CC1.CCC(C)n1ncn(-c2ccc(N3CCN(c4ccc(OC[C@H]5CO[C@](Cn6cncn6)(c6ccc(Cl)cc6Cl)O5)cc4)CC3)cc2)c1=O.OC(Cn1cncn1)(Cn1cncn1)c1ccc(F)cc1F. The number of rotatable bonds is 23. The van der Waals surface area contributed by atoms with Crippen LogP contribution in [-0.4, -0.2) is 175 Å². The van der Waals surface area contributed by atoms with Gasteiger partial charge in [0.2, 0.25) is 17.5 Å². The highest BCUT2D eigenvalue weighted by Gasteiger charge is 2.47. The number of hydrogen-bond acceptors (Lipinski definition) is 20. The fourth-order valence-electron chi connectivity index (χ4n) is 13.1. The summed E-state index contributed by atoms with van der Waals surface area (Å²) in [5.41, 5.74) is 3.71. The summed E-state index contributed by atoms with van der Waals surface area (Å²) < 4.78 is 74.2. The van der Waals surface area contributed by atoms with Crippen LogP contribution in [0.5, 0.6) is 11.5 Å². The zero-order valence-electron chi connectivity index (χ0n) is 58.7. The molecule has 1 N–H and O–H groups in total. The van der Waals surface area contributed by atoms with Gasteiger partial charge in [0.25, 0.3) is 0 Å². The molecule has 4 aliphatic rings. The Morgan fingerprint density at radius 2 is 1.07 bits per heavy atom. The first-order valence-corrected chi connectivity index (χ1v) is 36.2. The van der Waals surface area contributed by atoms with E-state index in [1.807, 2.05) is 90.2 Å². The minimum absolute atomic E-state index is 0.0556. The van der Waals surface area contributed by atoms with Gasteiger partial charge in [-0.25, -0.2) is 56.8 Å². The number of aromatic nitrogens is 14. The zero-order valence-corrected chi connectivity index (χ0v) is 61.7. The van der Waals surface area contributed by atoms with Gasteiger partial charge in [-0.05, 0) is 116 Å². The van der Waals surface area contributed by atoms with Crippen molar-refractivity contribution in [3.05, 3.63) is 249 Å². The van der Waals surface area contributed by atoms with Crippen LogP contribution in [0.15, 0.2) is 195 Å². The highest BCUT2D eigenvalue weighted by Crippen LogP contribution is 2.43. The van der Waals surface area contributed by atoms with Gasteiger partial charge in [0.1, 0.15) is 105 Å². The number of imidazole rings is 1. The molecule has 0 bridgehead atoms. The van der Waals surface area contributed by atoms with Crippen molar-refractivity contribution in [2.45, 2.75) is 88.8 Å². The van der Waals surface area contributed by atoms with Crippen LogP contribution in [0.2, 0.25) is 20.1 Å². The Morgan fingerprint density at radius 3 is 1.51 bits per heavy atom. The summed E-state index contributed by atoms with van der Waals surface area (Å²) in [4.78, 5) is 49.0. The molecule has 1 unspecified atom stereocenters. The van der Waals surface area contributed by atoms with Crippen LogP contribution >= 0.6 is 46.4 Å². The molecular formula is C74H78Cl4F2N18O9. The van der Waals surface area contributed by atoms with Crippen LogP contribution in [-0.2, 0) is 67.1 Å². The van der Waals surface area contributed by atoms with Crippen molar-refractivity contribution in [3.8, 4) is 17.2 Å². The molecule has 11 aromatic rings. The van der Waals surface area contributed by atoms with Crippen LogP contribution in [0, 0.1) is 11.6 Å². The maximum Gasteiger partial charge on any atom is 0.350 e. The molecule has 560 valence electrons. The molecule has 6 aromatic carbocycles.